The Balaban J connectivity index is 1.26. The Bertz CT molecular complexity index is 1310. The zero-order chi connectivity index (χ0) is 27.4. The molecule has 1 spiro atoms. The summed E-state index contributed by atoms with van der Waals surface area (Å²) in [6, 6.07) is 16.1. The number of carbonyl (C=O) groups excluding carboxylic acids is 2. The quantitative estimate of drug-likeness (QED) is 0.461. The zero-order valence-electron chi connectivity index (χ0n) is 22.9. The number of piperidine rings is 1. The molecule has 2 aliphatic rings. The van der Waals surface area contributed by atoms with Gasteiger partial charge in [-0.3, -0.25) is 14.3 Å². The highest BCUT2D eigenvalue weighted by Gasteiger charge is 2.43. The number of hydrogen-bond donors (Lipinski definition) is 0. The molecule has 2 aliphatic heterocycles. The molecule has 7 nitrogen and oxygen atoms in total. The number of ether oxygens (including phenoxy) is 1. The summed E-state index contributed by atoms with van der Waals surface area (Å²) in [5.74, 6) is 0.628. The fourth-order valence-electron chi connectivity index (χ4n) is 5.94. The minimum atomic E-state index is -0.462. The van der Waals surface area contributed by atoms with Gasteiger partial charge in [0.25, 0.3) is 5.91 Å². The van der Waals surface area contributed by atoms with Crippen molar-refractivity contribution in [2.75, 3.05) is 33.3 Å². The van der Waals surface area contributed by atoms with Gasteiger partial charge in [-0.25, -0.2) is 4.39 Å². The van der Waals surface area contributed by atoms with E-state index in [2.05, 4.69) is 17.2 Å². The Hall–Kier alpha value is -3.68. The van der Waals surface area contributed by atoms with Crippen LogP contribution < -0.4 is 4.74 Å². The van der Waals surface area contributed by atoms with Gasteiger partial charge in [0, 0.05) is 27.2 Å². The van der Waals surface area contributed by atoms with Gasteiger partial charge in [0.1, 0.15) is 18.2 Å². The minimum Gasteiger partial charge on any atom is -0.491 e. The molecule has 39 heavy (non-hydrogen) atoms. The molecule has 1 aromatic heterocycles. The molecule has 3 aromatic rings. The number of aromatic nitrogens is 2. The SMILES string of the molecule is CN1CCOc2ccccc2CCCCCC2(CCN(C(=O)c3cc(-c4ccc(F)cc4)n(C)n3)CC2)C1=O. The molecule has 1 saturated heterocycles. The molecule has 5 rings (SSSR count). The van der Waals surface area contributed by atoms with Gasteiger partial charge in [-0.1, -0.05) is 31.0 Å². The van der Waals surface area contributed by atoms with Crippen LogP contribution in [0.1, 0.15) is 54.6 Å². The Kier molecular flexibility index (Phi) is 8.00. The Morgan fingerprint density at radius 2 is 1.69 bits per heavy atom. The number of likely N-dealkylation sites (N-methyl/N-ethyl adjacent to an activating group) is 1. The van der Waals surface area contributed by atoms with Gasteiger partial charge in [0.05, 0.1) is 17.7 Å². The minimum absolute atomic E-state index is 0.134. The number of likely N-dealkylation sites (tertiary alicyclic amines) is 1. The molecular weight excluding hydrogens is 495 g/mol. The predicted molar refractivity (Wildman–Crippen MR) is 148 cm³/mol. The molecular formula is C31H37FN4O3. The number of hydrogen-bond acceptors (Lipinski definition) is 4. The van der Waals surface area contributed by atoms with Crippen LogP contribution in [0.15, 0.2) is 54.6 Å². The lowest BCUT2D eigenvalue weighted by Crippen LogP contribution is -2.51. The highest BCUT2D eigenvalue weighted by atomic mass is 19.1. The second-order valence-electron chi connectivity index (χ2n) is 10.9. The number of fused-ring (bicyclic) bond motifs is 1. The fraction of sp³-hybridized carbons (Fsp3) is 0.452. The van der Waals surface area contributed by atoms with Gasteiger partial charge >= 0.3 is 0 Å². The maximum Gasteiger partial charge on any atom is 0.274 e. The molecule has 0 bridgehead atoms. The van der Waals surface area contributed by atoms with Gasteiger partial charge in [-0.2, -0.15) is 5.10 Å². The Labute approximate surface area is 229 Å². The van der Waals surface area contributed by atoms with E-state index in [4.69, 9.17) is 4.74 Å². The van der Waals surface area contributed by atoms with Crippen molar-refractivity contribution in [3.63, 3.8) is 0 Å². The van der Waals surface area contributed by atoms with Crippen molar-refractivity contribution < 1.29 is 18.7 Å². The van der Waals surface area contributed by atoms with E-state index in [1.54, 1.807) is 29.9 Å². The summed E-state index contributed by atoms with van der Waals surface area (Å²) >= 11 is 0. The van der Waals surface area contributed by atoms with E-state index >= 15 is 0 Å². The number of aryl methyl sites for hydroxylation is 2. The highest BCUT2D eigenvalue weighted by molar-refractivity contribution is 5.94. The Morgan fingerprint density at radius 1 is 0.949 bits per heavy atom. The second kappa shape index (κ2) is 11.6. The molecule has 2 aromatic carbocycles. The molecule has 8 heteroatoms. The summed E-state index contributed by atoms with van der Waals surface area (Å²) in [7, 11) is 3.64. The number of amides is 2. The van der Waals surface area contributed by atoms with Crippen molar-refractivity contribution in [2.24, 2.45) is 12.5 Å². The molecule has 0 aliphatic carbocycles. The van der Waals surface area contributed by atoms with Gasteiger partial charge in [0.15, 0.2) is 5.69 Å². The summed E-state index contributed by atoms with van der Waals surface area (Å²) in [6.45, 7) is 2.01. The van der Waals surface area contributed by atoms with E-state index in [0.717, 1.165) is 49.1 Å². The third-order valence-electron chi connectivity index (χ3n) is 8.31. The van der Waals surface area contributed by atoms with Crippen molar-refractivity contribution in [1.82, 2.24) is 19.6 Å². The van der Waals surface area contributed by atoms with Crippen molar-refractivity contribution in [3.8, 4) is 17.0 Å². The number of rotatable bonds is 2. The molecule has 0 N–H and O–H groups in total. The number of carbonyl (C=O) groups is 2. The van der Waals surface area contributed by atoms with Crippen LogP contribution in [0.25, 0.3) is 11.3 Å². The molecule has 2 amide bonds. The molecule has 0 atom stereocenters. The number of nitrogens with zero attached hydrogens (tertiary/aromatic N) is 4. The number of benzene rings is 2. The predicted octanol–water partition coefficient (Wildman–Crippen LogP) is 5.10. The first-order valence-electron chi connectivity index (χ1n) is 13.9. The molecule has 206 valence electrons. The normalized spacial score (nSPS) is 18.5. The molecule has 0 unspecified atom stereocenters. The van der Waals surface area contributed by atoms with Crippen LogP contribution in [0.2, 0.25) is 0 Å². The van der Waals surface area contributed by atoms with E-state index in [1.165, 1.54) is 17.7 Å². The summed E-state index contributed by atoms with van der Waals surface area (Å²) in [4.78, 5) is 30.8. The zero-order valence-corrected chi connectivity index (χ0v) is 22.9. The van der Waals surface area contributed by atoms with Gasteiger partial charge in [-0.15, -0.1) is 0 Å². The first-order valence-corrected chi connectivity index (χ1v) is 13.9. The first kappa shape index (κ1) is 26.9. The van der Waals surface area contributed by atoms with Crippen LogP contribution in [0.3, 0.4) is 0 Å². The molecule has 0 saturated carbocycles. The van der Waals surface area contributed by atoms with E-state index in [1.807, 2.05) is 29.0 Å². The lowest BCUT2D eigenvalue weighted by atomic mass is 9.73. The summed E-state index contributed by atoms with van der Waals surface area (Å²) in [5.41, 5.74) is 2.68. The molecule has 0 radical (unpaired) electrons. The van der Waals surface area contributed by atoms with Crippen LogP contribution in [-0.4, -0.2) is 64.7 Å². The van der Waals surface area contributed by atoms with Crippen LogP contribution in [0.4, 0.5) is 4.39 Å². The highest BCUT2D eigenvalue weighted by Crippen LogP contribution is 2.39. The third kappa shape index (κ3) is 5.84. The maximum absolute atomic E-state index is 13.8. The smallest absolute Gasteiger partial charge is 0.274 e. The third-order valence-corrected chi connectivity index (χ3v) is 8.31. The van der Waals surface area contributed by atoms with Gasteiger partial charge < -0.3 is 14.5 Å². The monoisotopic (exact) mass is 532 g/mol. The van der Waals surface area contributed by atoms with E-state index in [-0.39, 0.29) is 17.6 Å². The average molecular weight is 533 g/mol. The molecule has 3 heterocycles. The van der Waals surface area contributed by atoms with Crippen molar-refractivity contribution in [1.29, 1.82) is 0 Å². The average Bonchev–Trinajstić information content (AvgIpc) is 3.34. The van der Waals surface area contributed by atoms with Crippen molar-refractivity contribution in [2.45, 2.75) is 44.9 Å². The number of halogens is 1. The van der Waals surface area contributed by atoms with Crippen LogP contribution in [0.5, 0.6) is 5.75 Å². The maximum atomic E-state index is 13.8. The van der Waals surface area contributed by atoms with Gasteiger partial charge in [-0.05, 0) is 79.6 Å². The second-order valence-corrected chi connectivity index (χ2v) is 10.9. The van der Waals surface area contributed by atoms with Crippen molar-refractivity contribution in [3.05, 3.63) is 71.7 Å². The van der Waals surface area contributed by atoms with Crippen LogP contribution >= 0.6 is 0 Å². The van der Waals surface area contributed by atoms with E-state index in [0.29, 0.717) is 44.8 Å². The van der Waals surface area contributed by atoms with E-state index in [9.17, 15) is 14.0 Å². The Morgan fingerprint density at radius 3 is 2.46 bits per heavy atom. The van der Waals surface area contributed by atoms with Crippen molar-refractivity contribution >= 4 is 11.8 Å². The van der Waals surface area contributed by atoms with E-state index < -0.39 is 5.41 Å². The van der Waals surface area contributed by atoms with Gasteiger partial charge in [0.2, 0.25) is 5.91 Å². The largest absolute Gasteiger partial charge is 0.491 e. The summed E-state index contributed by atoms with van der Waals surface area (Å²) in [5, 5.41) is 4.45. The van der Waals surface area contributed by atoms with Crippen LogP contribution in [0, 0.1) is 11.2 Å². The standard InChI is InChI=1S/C31H37FN4O3/c1-34-20-21-39-28-10-6-5-9-24(28)8-4-3-7-15-31(30(34)38)16-18-36(19-17-31)29(37)26-22-27(35(2)33-26)23-11-13-25(32)14-12-23/h5-6,9-14,22H,3-4,7-8,15-21H2,1-2H3. The topological polar surface area (TPSA) is 67.7 Å². The summed E-state index contributed by atoms with van der Waals surface area (Å²) in [6.07, 6.45) is 6.17. The number of para-hydroxylation sites is 1. The van der Waals surface area contributed by atoms with Crippen LogP contribution in [-0.2, 0) is 18.3 Å². The summed E-state index contributed by atoms with van der Waals surface area (Å²) < 4.78 is 21.1. The fourth-order valence-corrected chi connectivity index (χ4v) is 5.94. The lowest BCUT2D eigenvalue weighted by molar-refractivity contribution is -0.144. The first-order chi connectivity index (χ1) is 18.9. The lowest BCUT2D eigenvalue weighted by Gasteiger charge is -2.42. The molecule has 1 fully saturated rings.